The Bertz CT molecular complexity index is 644. The Labute approximate surface area is 123 Å². The Morgan fingerprint density at radius 1 is 1.29 bits per heavy atom. The van der Waals surface area contributed by atoms with Crippen LogP contribution in [-0.4, -0.2) is 15.9 Å². The number of nitrogens with zero attached hydrogens (tertiary/aromatic N) is 2. The number of aliphatic imine (C=N–C) groups is 1. The molecule has 0 bridgehead atoms. The SMILES string of the molecule is CC(C)c1ccc(COC2N=C(N)Nc3nc[nH]c32)cc1. The molecular formula is C15H19N5O. The summed E-state index contributed by atoms with van der Waals surface area (Å²) in [5.74, 6) is 1.51. The van der Waals surface area contributed by atoms with E-state index in [4.69, 9.17) is 10.5 Å². The quantitative estimate of drug-likeness (QED) is 0.805. The number of hydrogen-bond donors (Lipinski definition) is 3. The van der Waals surface area contributed by atoms with Crippen molar-refractivity contribution in [3.63, 3.8) is 0 Å². The number of benzene rings is 1. The minimum absolute atomic E-state index is 0.315. The van der Waals surface area contributed by atoms with Gasteiger partial charge >= 0.3 is 0 Å². The van der Waals surface area contributed by atoms with Gasteiger partial charge in [-0.2, -0.15) is 0 Å². The summed E-state index contributed by atoms with van der Waals surface area (Å²) in [6.45, 7) is 4.83. The van der Waals surface area contributed by atoms with E-state index in [1.807, 2.05) is 0 Å². The second kappa shape index (κ2) is 5.57. The molecule has 1 aromatic heterocycles. The van der Waals surface area contributed by atoms with E-state index in [9.17, 15) is 0 Å². The van der Waals surface area contributed by atoms with E-state index in [1.165, 1.54) is 5.56 Å². The molecule has 4 N–H and O–H groups in total. The number of rotatable bonds is 4. The highest BCUT2D eigenvalue weighted by Gasteiger charge is 2.23. The number of aromatic nitrogens is 2. The summed E-state index contributed by atoms with van der Waals surface area (Å²) in [4.78, 5) is 11.4. The molecule has 0 saturated heterocycles. The molecule has 6 nitrogen and oxygen atoms in total. The molecule has 0 spiro atoms. The zero-order valence-electron chi connectivity index (χ0n) is 12.1. The summed E-state index contributed by atoms with van der Waals surface area (Å²) < 4.78 is 5.85. The van der Waals surface area contributed by atoms with Crippen LogP contribution in [-0.2, 0) is 11.3 Å². The first-order valence-corrected chi connectivity index (χ1v) is 6.97. The molecule has 0 aliphatic carbocycles. The van der Waals surface area contributed by atoms with E-state index in [-0.39, 0.29) is 0 Å². The molecule has 3 rings (SSSR count). The maximum atomic E-state index is 5.85. The first-order chi connectivity index (χ1) is 10.1. The van der Waals surface area contributed by atoms with Gasteiger partial charge in [-0.25, -0.2) is 9.98 Å². The molecule has 1 aromatic carbocycles. The summed E-state index contributed by atoms with van der Waals surface area (Å²) in [6, 6.07) is 8.42. The van der Waals surface area contributed by atoms with E-state index in [1.54, 1.807) is 6.33 Å². The standard InChI is InChI=1S/C15H19N5O/c1-9(2)11-5-3-10(4-6-11)7-21-14-12-13(18-8-17-12)19-15(16)20-14/h3-6,8-9,14H,7H2,1-2H3,(H,17,18)(H3,16,19,20). The highest BCUT2D eigenvalue weighted by Crippen LogP contribution is 2.27. The van der Waals surface area contributed by atoms with Crippen molar-refractivity contribution in [1.82, 2.24) is 9.97 Å². The maximum Gasteiger partial charge on any atom is 0.197 e. The van der Waals surface area contributed by atoms with Crippen molar-refractivity contribution >= 4 is 11.8 Å². The molecule has 110 valence electrons. The Morgan fingerprint density at radius 3 is 2.76 bits per heavy atom. The summed E-state index contributed by atoms with van der Waals surface area (Å²) in [7, 11) is 0. The minimum Gasteiger partial charge on any atom is -0.370 e. The van der Waals surface area contributed by atoms with Crippen LogP contribution in [0.2, 0.25) is 0 Å². The highest BCUT2D eigenvalue weighted by atomic mass is 16.5. The predicted octanol–water partition coefficient (Wildman–Crippen LogP) is 2.49. The monoisotopic (exact) mass is 285 g/mol. The van der Waals surface area contributed by atoms with Crippen molar-refractivity contribution in [2.75, 3.05) is 5.32 Å². The van der Waals surface area contributed by atoms with Crippen LogP contribution in [0, 0.1) is 0 Å². The van der Waals surface area contributed by atoms with Crippen LogP contribution in [0.4, 0.5) is 5.82 Å². The lowest BCUT2D eigenvalue weighted by Crippen LogP contribution is -2.28. The molecule has 0 saturated carbocycles. The zero-order chi connectivity index (χ0) is 14.8. The Kier molecular flexibility index (Phi) is 3.62. The zero-order valence-corrected chi connectivity index (χ0v) is 12.1. The smallest absolute Gasteiger partial charge is 0.197 e. The summed E-state index contributed by atoms with van der Waals surface area (Å²) in [5, 5.41) is 2.89. The van der Waals surface area contributed by atoms with Crippen LogP contribution < -0.4 is 11.1 Å². The van der Waals surface area contributed by atoms with E-state index >= 15 is 0 Å². The van der Waals surface area contributed by atoms with Crippen LogP contribution >= 0.6 is 0 Å². The normalized spacial score (nSPS) is 17.3. The van der Waals surface area contributed by atoms with Gasteiger partial charge in [-0.15, -0.1) is 0 Å². The van der Waals surface area contributed by atoms with Gasteiger partial charge in [0.05, 0.1) is 12.9 Å². The molecular weight excluding hydrogens is 266 g/mol. The third kappa shape index (κ3) is 2.90. The molecule has 1 unspecified atom stereocenters. The molecule has 0 amide bonds. The van der Waals surface area contributed by atoms with Crippen LogP contribution in [0.5, 0.6) is 0 Å². The molecule has 2 heterocycles. The minimum atomic E-state index is -0.450. The van der Waals surface area contributed by atoms with Crippen LogP contribution in [0.3, 0.4) is 0 Å². The summed E-state index contributed by atoms with van der Waals surface area (Å²) in [5.41, 5.74) is 8.94. The number of nitrogens with two attached hydrogens (primary N) is 1. The number of hydrogen-bond acceptors (Lipinski definition) is 5. The number of H-pyrrole nitrogens is 1. The molecule has 1 atom stereocenters. The number of aromatic amines is 1. The molecule has 1 aliphatic rings. The largest absolute Gasteiger partial charge is 0.370 e. The second-order valence-electron chi connectivity index (χ2n) is 5.36. The van der Waals surface area contributed by atoms with Crippen molar-refractivity contribution in [3.8, 4) is 0 Å². The molecule has 21 heavy (non-hydrogen) atoms. The lowest BCUT2D eigenvalue weighted by atomic mass is 10.0. The van der Waals surface area contributed by atoms with Crippen molar-refractivity contribution in [2.45, 2.75) is 32.6 Å². The van der Waals surface area contributed by atoms with Crippen LogP contribution in [0.1, 0.15) is 42.8 Å². The van der Waals surface area contributed by atoms with Gasteiger partial charge in [0, 0.05) is 0 Å². The fourth-order valence-corrected chi connectivity index (χ4v) is 2.23. The Morgan fingerprint density at radius 2 is 2.05 bits per heavy atom. The molecule has 0 fully saturated rings. The molecule has 0 radical (unpaired) electrons. The molecule has 1 aliphatic heterocycles. The average molecular weight is 285 g/mol. The van der Waals surface area contributed by atoms with E-state index < -0.39 is 6.23 Å². The van der Waals surface area contributed by atoms with Gasteiger partial charge < -0.3 is 20.8 Å². The van der Waals surface area contributed by atoms with Gasteiger partial charge in [0.2, 0.25) is 0 Å². The van der Waals surface area contributed by atoms with Gasteiger partial charge in [-0.3, -0.25) is 0 Å². The Hall–Kier alpha value is -2.34. The lowest BCUT2D eigenvalue weighted by molar-refractivity contribution is 0.0430. The van der Waals surface area contributed by atoms with Crippen molar-refractivity contribution in [3.05, 3.63) is 47.4 Å². The van der Waals surface area contributed by atoms with E-state index in [0.29, 0.717) is 24.3 Å². The van der Waals surface area contributed by atoms with Gasteiger partial charge in [-0.1, -0.05) is 38.1 Å². The van der Waals surface area contributed by atoms with E-state index in [0.717, 1.165) is 11.3 Å². The van der Waals surface area contributed by atoms with Crippen LogP contribution in [0.25, 0.3) is 0 Å². The first-order valence-electron chi connectivity index (χ1n) is 6.97. The van der Waals surface area contributed by atoms with Gasteiger partial charge in [-0.05, 0) is 17.0 Å². The highest BCUT2D eigenvalue weighted by molar-refractivity contribution is 5.93. The first kappa shape index (κ1) is 13.6. The number of fused-ring (bicyclic) bond motifs is 1. The third-order valence-corrected chi connectivity index (χ3v) is 3.47. The maximum absolute atomic E-state index is 5.85. The number of anilines is 1. The third-order valence-electron chi connectivity index (χ3n) is 3.47. The van der Waals surface area contributed by atoms with Crippen LogP contribution in [0.15, 0.2) is 35.6 Å². The van der Waals surface area contributed by atoms with E-state index in [2.05, 4.69) is 58.4 Å². The van der Waals surface area contributed by atoms with Gasteiger partial charge in [0.25, 0.3) is 0 Å². The van der Waals surface area contributed by atoms with Crippen molar-refractivity contribution in [1.29, 1.82) is 0 Å². The average Bonchev–Trinajstić information content (AvgIpc) is 2.93. The second-order valence-corrected chi connectivity index (χ2v) is 5.36. The number of guanidine groups is 1. The van der Waals surface area contributed by atoms with Crippen molar-refractivity contribution in [2.24, 2.45) is 10.7 Å². The fourth-order valence-electron chi connectivity index (χ4n) is 2.23. The fraction of sp³-hybridized carbons (Fsp3) is 0.333. The summed E-state index contributed by atoms with van der Waals surface area (Å²) in [6.07, 6.45) is 1.15. The molecule has 6 heteroatoms. The number of ether oxygens (including phenoxy) is 1. The van der Waals surface area contributed by atoms with Gasteiger partial charge in [0.1, 0.15) is 5.69 Å². The molecule has 2 aromatic rings. The van der Waals surface area contributed by atoms with Gasteiger partial charge in [0.15, 0.2) is 18.0 Å². The summed E-state index contributed by atoms with van der Waals surface area (Å²) >= 11 is 0. The predicted molar refractivity (Wildman–Crippen MR) is 81.9 cm³/mol. The number of nitrogens with one attached hydrogen (secondary N) is 2. The lowest BCUT2D eigenvalue weighted by Gasteiger charge is -2.19. The Balaban J connectivity index is 1.68. The number of imidazole rings is 1. The topological polar surface area (TPSA) is 88.3 Å². The van der Waals surface area contributed by atoms with Crippen molar-refractivity contribution < 1.29 is 4.74 Å².